The van der Waals surface area contributed by atoms with Crippen LogP contribution < -0.4 is 4.74 Å². The van der Waals surface area contributed by atoms with Crippen molar-refractivity contribution >= 4 is 17.4 Å². The largest absolute Gasteiger partial charge is 0.507 e. The van der Waals surface area contributed by atoms with Crippen molar-refractivity contribution in [3.63, 3.8) is 0 Å². The summed E-state index contributed by atoms with van der Waals surface area (Å²) in [5.41, 5.74) is 3.51. The zero-order chi connectivity index (χ0) is 24.4. The minimum absolute atomic E-state index is 0.00129. The second-order valence-corrected chi connectivity index (χ2v) is 8.31. The number of hydrogen-bond acceptors (Lipinski definition) is 5. The number of aliphatic hydroxyl groups excluding tert-OH is 1. The topological polar surface area (TPSA) is 79.7 Å². The van der Waals surface area contributed by atoms with Crippen LogP contribution in [0.3, 0.4) is 0 Å². The van der Waals surface area contributed by atoms with E-state index in [0.29, 0.717) is 23.3 Å². The van der Waals surface area contributed by atoms with Gasteiger partial charge in [-0.25, -0.2) is 4.39 Å². The zero-order valence-corrected chi connectivity index (χ0v) is 19.2. The van der Waals surface area contributed by atoms with Crippen molar-refractivity contribution in [2.45, 2.75) is 26.3 Å². The van der Waals surface area contributed by atoms with E-state index in [2.05, 4.69) is 4.98 Å². The maximum Gasteiger partial charge on any atom is 0.295 e. The highest BCUT2D eigenvalue weighted by Gasteiger charge is 2.46. The molecule has 6 nitrogen and oxygen atoms in total. The van der Waals surface area contributed by atoms with Gasteiger partial charge in [0, 0.05) is 18.9 Å². The molecule has 3 aromatic rings. The second-order valence-electron chi connectivity index (χ2n) is 8.31. The number of Topliss-reactive ketones (excluding diaryl/α,β-unsaturated/α-hetero) is 1. The monoisotopic (exact) mass is 460 g/mol. The number of aliphatic hydroxyl groups is 1. The van der Waals surface area contributed by atoms with E-state index in [1.54, 1.807) is 42.7 Å². The summed E-state index contributed by atoms with van der Waals surface area (Å²) in [7, 11) is 1.50. The number of nitrogens with zero attached hydrogens (tertiary/aromatic N) is 2. The summed E-state index contributed by atoms with van der Waals surface area (Å²) in [6.45, 7) is 3.94. The molecular weight excluding hydrogens is 435 g/mol. The number of aryl methyl sites for hydroxylation is 2. The number of rotatable bonds is 6. The number of hydrogen-bond donors (Lipinski definition) is 1. The van der Waals surface area contributed by atoms with E-state index in [9.17, 15) is 19.1 Å². The van der Waals surface area contributed by atoms with Gasteiger partial charge >= 0.3 is 0 Å². The average Bonchev–Trinajstić information content (AvgIpc) is 3.08. The lowest BCUT2D eigenvalue weighted by atomic mass is 9.94. The number of ether oxygens (including phenoxy) is 1. The van der Waals surface area contributed by atoms with E-state index in [0.717, 1.165) is 16.7 Å². The third kappa shape index (κ3) is 4.29. The Kier molecular flexibility index (Phi) is 6.45. The first-order valence-corrected chi connectivity index (χ1v) is 10.9. The van der Waals surface area contributed by atoms with Gasteiger partial charge in [0.2, 0.25) is 0 Å². The second kappa shape index (κ2) is 9.47. The number of ketones is 1. The molecule has 4 rings (SSSR count). The van der Waals surface area contributed by atoms with Crippen molar-refractivity contribution in [1.82, 2.24) is 9.88 Å². The van der Waals surface area contributed by atoms with Crippen LogP contribution >= 0.6 is 0 Å². The van der Waals surface area contributed by atoms with E-state index >= 15 is 0 Å². The number of aromatic nitrogens is 1. The summed E-state index contributed by atoms with van der Waals surface area (Å²) in [6.07, 6.45) is 3.57. The highest BCUT2D eigenvalue weighted by molar-refractivity contribution is 6.46. The first-order valence-electron chi connectivity index (χ1n) is 10.9. The number of likely N-dealkylation sites (tertiary alicyclic amines) is 1. The SMILES string of the molecule is COc1c(C)cc(C)cc1/C(O)=C1\C(=O)C(=O)N(CCc2ccc(F)cc2)C1c1ccncc1. The van der Waals surface area contributed by atoms with Crippen molar-refractivity contribution in [2.24, 2.45) is 0 Å². The van der Waals surface area contributed by atoms with Gasteiger partial charge in [-0.2, -0.15) is 0 Å². The summed E-state index contributed by atoms with van der Waals surface area (Å²) >= 11 is 0. The Balaban J connectivity index is 1.82. The summed E-state index contributed by atoms with van der Waals surface area (Å²) in [4.78, 5) is 31.8. The van der Waals surface area contributed by atoms with Gasteiger partial charge in [0.1, 0.15) is 17.3 Å². The molecule has 1 amide bonds. The van der Waals surface area contributed by atoms with Gasteiger partial charge in [-0.15, -0.1) is 0 Å². The Morgan fingerprint density at radius 3 is 2.41 bits per heavy atom. The Morgan fingerprint density at radius 1 is 1.09 bits per heavy atom. The summed E-state index contributed by atoms with van der Waals surface area (Å²) in [6, 6.07) is 12.3. The number of amides is 1. The molecule has 1 atom stereocenters. The summed E-state index contributed by atoms with van der Waals surface area (Å²) in [5, 5.41) is 11.4. The fraction of sp³-hybridized carbons (Fsp3) is 0.222. The molecular formula is C27H25FN2O4. The molecule has 0 spiro atoms. The normalized spacial score (nSPS) is 17.3. The van der Waals surface area contributed by atoms with Gasteiger partial charge in [0.15, 0.2) is 0 Å². The van der Waals surface area contributed by atoms with Crippen LogP contribution in [0, 0.1) is 19.7 Å². The van der Waals surface area contributed by atoms with Gasteiger partial charge in [-0.1, -0.05) is 18.2 Å². The Labute approximate surface area is 197 Å². The first-order chi connectivity index (χ1) is 16.3. The van der Waals surface area contributed by atoms with Crippen molar-refractivity contribution in [2.75, 3.05) is 13.7 Å². The van der Waals surface area contributed by atoms with Crippen LogP contribution in [0.2, 0.25) is 0 Å². The minimum Gasteiger partial charge on any atom is -0.507 e. The maximum atomic E-state index is 13.3. The van der Waals surface area contributed by atoms with Crippen molar-refractivity contribution in [3.05, 3.63) is 100 Å². The van der Waals surface area contributed by atoms with Gasteiger partial charge < -0.3 is 14.7 Å². The van der Waals surface area contributed by atoms with E-state index in [1.807, 2.05) is 19.9 Å². The quantitative estimate of drug-likeness (QED) is 0.333. The standard InChI is InChI=1S/C27H25FN2O4/c1-16-14-17(2)26(34-3)21(15-16)24(31)22-23(19-8-11-29-12-9-19)30(27(33)25(22)32)13-10-18-4-6-20(28)7-5-18/h4-9,11-12,14-15,23,31H,10,13H2,1-3H3/b24-22+. The van der Waals surface area contributed by atoms with Crippen LogP contribution in [0.15, 0.2) is 66.5 Å². The highest BCUT2D eigenvalue weighted by Crippen LogP contribution is 2.41. The highest BCUT2D eigenvalue weighted by atomic mass is 19.1. The molecule has 174 valence electrons. The molecule has 0 saturated carbocycles. The first kappa shape index (κ1) is 23.2. The predicted octanol–water partition coefficient (Wildman–Crippen LogP) is 4.51. The lowest BCUT2D eigenvalue weighted by Gasteiger charge is -2.25. The van der Waals surface area contributed by atoms with Crippen molar-refractivity contribution < 1.29 is 23.8 Å². The van der Waals surface area contributed by atoms with Crippen LogP contribution in [-0.4, -0.2) is 40.3 Å². The molecule has 7 heteroatoms. The molecule has 0 aliphatic carbocycles. The lowest BCUT2D eigenvalue weighted by molar-refractivity contribution is -0.139. The minimum atomic E-state index is -0.797. The van der Waals surface area contributed by atoms with E-state index in [1.165, 1.54) is 24.1 Å². The number of carbonyl (C=O) groups excluding carboxylic acids is 2. The van der Waals surface area contributed by atoms with Crippen molar-refractivity contribution in [1.29, 1.82) is 0 Å². The Morgan fingerprint density at radius 2 is 1.76 bits per heavy atom. The molecule has 1 saturated heterocycles. The number of halogens is 1. The molecule has 34 heavy (non-hydrogen) atoms. The van der Waals surface area contributed by atoms with Crippen molar-refractivity contribution in [3.8, 4) is 5.75 Å². The molecule has 0 bridgehead atoms. The van der Waals surface area contributed by atoms with Crippen LogP contribution in [0.5, 0.6) is 5.75 Å². The Bertz CT molecular complexity index is 1270. The molecule has 1 fully saturated rings. The smallest absolute Gasteiger partial charge is 0.295 e. The van der Waals surface area contributed by atoms with Gasteiger partial charge in [0.25, 0.3) is 11.7 Å². The van der Waals surface area contributed by atoms with Gasteiger partial charge in [-0.05, 0) is 72.9 Å². The Hall–Kier alpha value is -4.00. The molecule has 1 unspecified atom stereocenters. The van der Waals surface area contributed by atoms with E-state index in [-0.39, 0.29) is 23.7 Å². The summed E-state index contributed by atoms with van der Waals surface area (Å²) in [5.74, 6) is -1.65. The number of benzene rings is 2. The molecule has 0 radical (unpaired) electrons. The van der Waals surface area contributed by atoms with Crippen LogP contribution in [-0.2, 0) is 16.0 Å². The maximum absolute atomic E-state index is 13.3. The number of methoxy groups -OCH3 is 1. The predicted molar refractivity (Wildman–Crippen MR) is 126 cm³/mol. The van der Waals surface area contributed by atoms with Gasteiger partial charge in [0.05, 0.1) is 24.3 Å². The molecule has 2 aromatic carbocycles. The zero-order valence-electron chi connectivity index (χ0n) is 19.2. The fourth-order valence-corrected chi connectivity index (χ4v) is 4.45. The molecule has 2 heterocycles. The van der Waals surface area contributed by atoms with Crippen LogP contribution in [0.25, 0.3) is 5.76 Å². The third-order valence-electron chi connectivity index (χ3n) is 5.99. The van der Waals surface area contributed by atoms with E-state index < -0.39 is 17.7 Å². The lowest BCUT2D eigenvalue weighted by Crippen LogP contribution is -2.31. The number of pyridine rings is 1. The molecule has 1 N–H and O–H groups in total. The van der Waals surface area contributed by atoms with Crippen LogP contribution in [0.4, 0.5) is 4.39 Å². The third-order valence-corrected chi connectivity index (χ3v) is 5.99. The summed E-state index contributed by atoms with van der Waals surface area (Å²) < 4.78 is 18.8. The fourth-order valence-electron chi connectivity index (χ4n) is 4.45. The molecule has 1 aliphatic heterocycles. The molecule has 1 aliphatic rings. The van der Waals surface area contributed by atoms with Gasteiger partial charge in [-0.3, -0.25) is 14.6 Å². The average molecular weight is 461 g/mol. The van der Waals surface area contributed by atoms with E-state index in [4.69, 9.17) is 4.74 Å². The number of carbonyl (C=O) groups is 2. The molecule has 1 aromatic heterocycles. The van der Waals surface area contributed by atoms with Crippen LogP contribution in [0.1, 0.15) is 33.9 Å².